The first-order valence-electron chi connectivity index (χ1n) is 9.73. The smallest absolute Gasteiger partial charge is 0.270 e. The van der Waals surface area contributed by atoms with Gasteiger partial charge < -0.3 is 10.1 Å². The van der Waals surface area contributed by atoms with E-state index in [9.17, 15) is 13.2 Å². The van der Waals surface area contributed by atoms with E-state index in [4.69, 9.17) is 4.74 Å². The minimum absolute atomic E-state index is 0.125. The van der Waals surface area contributed by atoms with E-state index in [1.54, 1.807) is 48.5 Å². The van der Waals surface area contributed by atoms with Gasteiger partial charge in [-0.05, 0) is 36.8 Å². The van der Waals surface area contributed by atoms with E-state index in [-0.39, 0.29) is 11.4 Å². The van der Waals surface area contributed by atoms with Crippen LogP contribution < -0.4 is 14.4 Å². The van der Waals surface area contributed by atoms with Crippen LogP contribution in [0.5, 0.6) is 5.75 Å². The lowest BCUT2D eigenvalue weighted by Crippen LogP contribution is -2.39. The van der Waals surface area contributed by atoms with Gasteiger partial charge in [0.05, 0.1) is 25.0 Å². The van der Waals surface area contributed by atoms with Crippen molar-refractivity contribution in [1.29, 1.82) is 0 Å². The number of carbonyl (C=O) groups is 1. The van der Waals surface area contributed by atoms with Gasteiger partial charge in [-0.15, -0.1) is 0 Å². The molecule has 6 nitrogen and oxygen atoms in total. The molecule has 1 aliphatic heterocycles. The molecule has 0 bridgehead atoms. The summed E-state index contributed by atoms with van der Waals surface area (Å²) in [5, 5.41) is 2.93. The van der Waals surface area contributed by atoms with Crippen molar-refractivity contribution in [3.8, 4) is 5.75 Å². The summed E-state index contributed by atoms with van der Waals surface area (Å²) in [5.41, 5.74) is 3.15. The summed E-state index contributed by atoms with van der Waals surface area (Å²) in [7, 11) is -2.56. The second kappa shape index (κ2) is 8.28. The van der Waals surface area contributed by atoms with E-state index in [1.165, 1.54) is 17.6 Å². The zero-order valence-corrected chi connectivity index (χ0v) is 18.0. The van der Waals surface area contributed by atoms with Gasteiger partial charge in [0, 0.05) is 11.8 Å². The van der Waals surface area contributed by atoms with E-state index >= 15 is 0 Å². The van der Waals surface area contributed by atoms with E-state index in [1.807, 2.05) is 31.2 Å². The van der Waals surface area contributed by atoms with Gasteiger partial charge in [0.25, 0.3) is 10.0 Å². The van der Waals surface area contributed by atoms with Gasteiger partial charge in [-0.1, -0.05) is 54.1 Å². The molecule has 7 heteroatoms. The average Bonchev–Trinajstić information content (AvgIpc) is 2.77. The molecule has 0 aliphatic carbocycles. The molecule has 3 aromatic rings. The number of benzene rings is 3. The van der Waals surface area contributed by atoms with Gasteiger partial charge in [0.1, 0.15) is 5.75 Å². The zero-order chi connectivity index (χ0) is 22.0. The average molecular weight is 435 g/mol. The van der Waals surface area contributed by atoms with Crippen molar-refractivity contribution < 1.29 is 17.9 Å². The summed E-state index contributed by atoms with van der Waals surface area (Å²) in [6.07, 6.45) is 1.24. The van der Waals surface area contributed by atoms with Gasteiger partial charge in [-0.25, -0.2) is 8.42 Å². The second-order valence-corrected chi connectivity index (χ2v) is 9.03. The summed E-state index contributed by atoms with van der Waals surface area (Å²) in [6, 6.07) is 21.5. The van der Waals surface area contributed by atoms with Crippen LogP contribution in [0, 0.1) is 6.92 Å². The molecule has 0 fully saturated rings. The number of ether oxygens (including phenoxy) is 1. The number of rotatable bonds is 5. The fraction of sp³-hybridized carbons (Fsp3) is 0.125. The minimum atomic E-state index is -4.09. The molecule has 31 heavy (non-hydrogen) atoms. The lowest BCUT2D eigenvalue weighted by Gasteiger charge is -2.31. The van der Waals surface area contributed by atoms with Crippen molar-refractivity contribution in [3.63, 3.8) is 0 Å². The number of hydrogen-bond acceptors (Lipinski definition) is 5. The number of ketones is 1. The number of allylic oxidation sites excluding steroid dienone is 1. The largest absolute Gasteiger partial charge is 0.495 e. The molecule has 1 aliphatic rings. The number of anilines is 2. The Hall–Kier alpha value is -3.58. The number of nitrogens with zero attached hydrogens (tertiary/aromatic N) is 1. The topological polar surface area (TPSA) is 75.7 Å². The van der Waals surface area contributed by atoms with Crippen molar-refractivity contribution in [2.45, 2.75) is 13.5 Å². The number of aryl methyl sites for hydroxylation is 1. The monoisotopic (exact) mass is 434 g/mol. The molecule has 1 heterocycles. The van der Waals surface area contributed by atoms with Gasteiger partial charge in [0.15, 0.2) is 4.91 Å². The standard InChI is InChI=1S/C24H22N2O4S/c1-17-8-7-9-18(14-17)16-26-21-12-5-3-10-19(21)24(27)23(31(26,28)29)15-25-20-11-4-6-13-22(20)30-2/h3-15,25H,16H2,1-2H3. The Bertz CT molecular complexity index is 1280. The Kier molecular flexibility index (Phi) is 5.52. The normalized spacial score (nSPS) is 16.1. The van der Waals surface area contributed by atoms with Gasteiger partial charge in [-0.3, -0.25) is 9.10 Å². The third-order valence-electron chi connectivity index (χ3n) is 5.08. The molecule has 0 radical (unpaired) electrons. The highest BCUT2D eigenvalue weighted by atomic mass is 32.2. The molecule has 0 amide bonds. The number of methoxy groups -OCH3 is 1. The van der Waals surface area contributed by atoms with Crippen LogP contribution in [-0.2, 0) is 16.6 Å². The third kappa shape index (κ3) is 3.92. The predicted molar refractivity (Wildman–Crippen MR) is 122 cm³/mol. The molecule has 1 N–H and O–H groups in total. The van der Waals surface area contributed by atoms with Crippen LogP contribution in [0.4, 0.5) is 11.4 Å². The van der Waals surface area contributed by atoms with Crippen LogP contribution in [0.1, 0.15) is 21.5 Å². The summed E-state index contributed by atoms with van der Waals surface area (Å²) in [6.45, 7) is 2.08. The fourth-order valence-corrected chi connectivity index (χ4v) is 5.10. The quantitative estimate of drug-likeness (QED) is 0.599. The lowest BCUT2D eigenvalue weighted by molar-refractivity contribution is 0.104. The lowest BCUT2D eigenvalue weighted by atomic mass is 10.1. The SMILES string of the molecule is COc1ccccc1NC=C1C(=O)c2ccccc2N(Cc2cccc(C)c2)S1(=O)=O. The molecule has 0 unspecified atom stereocenters. The molecular weight excluding hydrogens is 412 g/mol. The van der Waals surface area contributed by atoms with Crippen LogP contribution >= 0.6 is 0 Å². The van der Waals surface area contributed by atoms with E-state index in [2.05, 4.69) is 5.32 Å². The number of sulfonamides is 1. The molecule has 0 atom stereocenters. The maximum atomic E-state index is 13.5. The summed E-state index contributed by atoms with van der Waals surface area (Å²) >= 11 is 0. The molecule has 4 rings (SSSR count). The Morgan fingerprint density at radius 3 is 2.52 bits per heavy atom. The maximum Gasteiger partial charge on any atom is 0.270 e. The van der Waals surface area contributed by atoms with Crippen LogP contribution in [-0.4, -0.2) is 21.3 Å². The Balaban J connectivity index is 1.79. The first-order valence-corrected chi connectivity index (χ1v) is 11.2. The predicted octanol–water partition coefficient (Wildman–Crippen LogP) is 4.49. The number of nitrogens with one attached hydrogen (secondary N) is 1. The second-order valence-electron chi connectivity index (χ2n) is 7.20. The summed E-state index contributed by atoms with van der Waals surface area (Å²) in [5.74, 6) is -0.00415. The van der Waals surface area contributed by atoms with Crippen LogP contribution in [0.3, 0.4) is 0 Å². The zero-order valence-electron chi connectivity index (χ0n) is 17.2. The Morgan fingerprint density at radius 1 is 1.00 bits per heavy atom. The molecule has 0 saturated heterocycles. The van der Waals surface area contributed by atoms with Gasteiger partial charge >= 0.3 is 0 Å². The van der Waals surface area contributed by atoms with Crippen molar-refractivity contribution >= 4 is 27.2 Å². The molecule has 3 aromatic carbocycles. The van der Waals surface area contributed by atoms with Crippen LogP contribution in [0.15, 0.2) is 83.9 Å². The van der Waals surface area contributed by atoms with E-state index in [0.29, 0.717) is 22.7 Å². The Labute approximate surface area is 181 Å². The number of hydrogen-bond donors (Lipinski definition) is 1. The number of Topliss-reactive ketones (excluding diaryl/α,β-unsaturated/α-hetero) is 1. The highest BCUT2D eigenvalue weighted by molar-refractivity contribution is 7.97. The van der Waals surface area contributed by atoms with Crippen molar-refractivity contribution in [1.82, 2.24) is 0 Å². The van der Waals surface area contributed by atoms with E-state index < -0.39 is 15.8 Å². The van der Waals surface area contributed by atoms with Crippen LogP contribution in [0.2, 0.25) is 0 Å². The first-order chi connectivity index (χ1) is 14.9. The van der Waals surface area contributed by atoms with Crippen molar-refractivity contribution in [2.75, 3.05) is 16.7 Å². The minimum Gasteiger partial charge on any atom is -0.495 e. The summed E-state index contributed by atoms with van der Waals surface area (Å²) < 4.78 is 33.6. The first kappa shape index (κ1) is 20.7. The van der Waals surface area contributed by atoms with E-state index in [0.717, 1.165) is 11.1 Å². The van der Waals surface area contributed by atoms with Crippen molar-refractivity contribution in [2.24, 2.45) is 0 Å². The molecular formula is C24H22N2O4S. The molecule has 0 aromatic heterocycles. The fourth-order valence-electron chi connectivity index (χ4n) is 3.57. The molecule has 158 valence electrons. The highest BCUT2D eigenvalue weighted by Crippen LogP contribution is 2.36. The molecule has 0 spiro atoms. The summed E-state index contributed by atoms with van der Waals surface area (Å²) in [4.78, 5) is 12.8. The highest BCUT2D eigenvalue weighted by Gasteiger charge is 2.40. The maximum absolute atomic E-state index is 13.5. The van der Waals surface area contributed by atoms with Gasteiger partial charge in [0.2, 0.25) is 5.78 Å². The van der Waals surface area contributed by atoms with Gasteiger partial charge in [-0.2, -0.15) is 0 Å². The Morgan fingerprint density at radius 2 is 1.74 bits per heavy atom. The molecule has 0 saturated carbocycles. The number of fused-ring (bicyclic) bond motifs is 1. The number of para-hydroxylation sites is 3. The number of carbonyl (C=O) groups excluding carboxylic acids is 1. The van der Waals surface area contributed by atoms with Crippen LogP contribution in [0.25, 0.3) is 0 Å². The van der Waals surface area contributed by atoms with Crippen molar-refractivity contribution in [3.05, 3.63) is 101 Å². The third-order valence-corrected chi connectivity index (χ3v) is 6.85.